The van der Waals surface area contributed by atoms with Crippen LogP contribution >= 0.6 is 38.9 Å². The standard InChI is InChI=1S/C8H8BrClF3NO2S2/c1-14(3-2-8(11,12)13)18(15,16)6-4-5(10)7(9)17-6/h4H,2-3H2,1H3. The second-order valence-electron chi connectivity index (χ2n) is 3.38. The van der Waals surface area contributed by atoms with E-state index in [4.69, 9.17) is 11.6 Å². The third-order valence-corrected chi connectivity index (χ3v) is 6.78. The summed E-state index contributed by atoms with van der Waals surface area (Å²) in [5, 5.41) is 0.211. The van der Waals surface area contributed by atoms with Crippen LogP contribution in [0.4, 0.5) is 13.2 Å². The van der Waals surface area contributed by atoms with E-state index in [-0.39, 0.29) is 9.23 Å². The highest BCUT2D eigenvalue weighted by molar-refractivity contribution is 9.11. The van der Waals surface area contributed by atoms with Crippen molar-refractivity contribution in [1.29, 1.82) is 0 Å². The van der Waals surface area contributed by atoms with Crippen LogP contribution in [0.3, 0.4) is 0 Å². The van der Waals surface area contributed by atoms with Gasteiger partial charge in [0.05, 0.1) is 15.2 Å². The van der Waals surface area contributed by atoms with Gasteiger partial charge in [-0.25, -0.2) is 8.42 Å². The Hall–Kier alpha value is 0.170. The molecule has 10 heteroatoms. The molecule has 0 atom stereocenters. The maximum atomic E-state index is 12.0. The lowest BCUT2D eigenvalue weighted by atomic mass is 10.4. The number of thiophene rings is 1. The van der Waals surface area contributed by atoms with E-state index in [2.05, 4.69) is 15.9 Å². The van der Waals surface area contributed by atoms with Gasteiger partial charge >= 0.3 is 6.18 Å². The maximum absolute atomic E-state index is 12.0. The molecule has 0 aliphatic carbocycles. The lowest BCUT2D eigenvalue weighted by Crippen LogP contribution is -2.30. The highest BCUT2D eigenvalue weighted by Gasteiger charge is 2.31. The van der Waals surface area contributed by atoms with E-state index in [1.54, 1.807) is 0 Å². The summed E-state index contributed by atoms with van der Waals surface area (Å²) in [7, 11) is -2.83. The van der Waals surface area contributed by atoms with E-state index < -0.39 is 29.2 Å². The van der Waals surface area contributed by atoms with E-state index >= 15 is 0 Å². The Balaban J connectivity index is 2.87. The fourth-order valence-electron chi connectivity index (χ4n) is 1.01. The van der Waals surface area contributed by atoms with Crippen LogP contribution in [-0.4, -0.2) is 32.5 Å². The largest absolute Gasteiger partial charge is 0.390 e. The molecule has 3 nitrogen and oxygen atoms in total. The van der Waals surface area contributed by atoms with Gasteiger partial charge in [-0.3, -0.25) is 0 Å². The molecule has 0 unspecified atom stereocenters. The fraction of sp³-hybridized carbons (Fsp3) is 0.500. The summed E-state index contributed by atoms with van der Waals surface area (Å²) in [4.78, 5) is 0. The number of halogens is 5. The van der Waals surface area contributed by atoms with Gasteiger partial charge < -0.3 is 0 Å². The third-order valence-electron chi connectivity index (χ3n) is 2.00. The minimum absolute atomic E-state index is 0.0935. The lowest BCUT2D eigenvalue weighted by Gasteiger charge is -2.16. The maximum Gasteiger partial charge on any atom is 0.390 e. The molecule has 1 aromatic heterocycles. The minimum atomic E-state index is -4.39. The summed E-state index contributed by atoms with van der Waals surface area (Å²) in [5.74, 6) is 0. The predicted molar refractivity (Wildman–Crippen MR) is 67.5 cm³/mol. The van der Waals surface area contributed by atoms with Gasteiger partial charge in [-0.05, 0) is 22.0 Å². The molecule has 0 aliphatic heterocycles. The Morgan fingerprint density at radius 1 is 1.50 bits per heavy atom. The molecule has 0 saturated carbocycles. The Morgan fingerprint density at radius 3 is 2.44 bits per heavy atom. The van der Waals surface area contributed by atoms with Gasteiger partial charge in [-0.2, -0.15) is 17.5 Å². The molecule has 0 spiro atoms. The highest BCUT2D eigenvalue weighted by atomic mass is 79.9. The first-order valence-corrected chi connectivity index (χ1v) is 7.95. The molecule has 1 rings (SSSR count). The molecule has 18 heavy (non-hydrogen) atoms. The van der Waals surface area contributed by atoms with E-state index in [1.807, 2.05) is 0 Å². The van der Waals surface area contributed by atoms with Crippen molar-refractivity contribution in [3.05, 3.63) is 14.9 Å². The first-order chi connectivity index (χ1) is 8.04. The number of alkyl halides is 3. The normalized spacial score (nSPS) is 13.3. The molecular weight excluding hydrogens is 379 g/mol. The van der Waals surface area contributed by atoms with Crippen LogP contribution in [0, 0.1) is 0 Å². The first kappa shape index (κ1) is 16.2. The van der Waals surface area contributed by atoms with Crippen molar-refractivity contribution in [3.8, 4) is 0 Å². The van der Waals surface area contributed by atoms with Gasteiger partial charge in [0.2, 0.25) is 0 Å². The van der Waals surface area contributed by atoms with Crippen LogP contribution in [-0.2, 0) is 10.0 Å². The van der Waals surface area contributed by atoms with Crippen molar-refractivity contribution >= 4 is 48.9 Å². The smallest absolute Gasteiger partial charge is 0.206 e. The van der Waals surface area contributed by atoms with Gasteiger partial charge in [-0.1, -0.05) is 11.6 Å². The topological polar surface area (TPSA) is 37.4 Å². The molecule has 0 N–H and O–H groups in total. The van der Waals surface area contributed by atoms with Crippen molar-refractivity contribution in [2.75, 3.05) is 13.6 Å². The zero-order chi connectivity index (χ0) is 14.1. The molecule has 1 aromatic rings. The Morgan fingerprint density at radius 2 is 2.06 bits per heavy atom. The molecule has 104 valence electrons. The molecule has 0 fully saturated rings. The Labute approximate surface area is 120 Å². The van der Waals surface area contributed by atoms with Crippen molar-refractivity contribution < 1.29 is 21.6 Å². The van der Waals surface area contributed by atoms with Crippen molar-refractivity contribution in [1.82, 2.24) is 4.31 Å². The molecule has 0 bridgehead atoms. The molecule has 0 aromatic carbocycles. The zero-order valence-electron chi connectivity index (χ0n) is 8.96. The lowest BCUT2D eigenvalue weighted by molar-refractivity contribution is -0.135. The SMILES string of the molecule is CN(CCC(F)(F)F)S(=O)(=O)c1cc(Cl)c(Br)s1. The third kappa shape index (κ3) is 4.09. The predicted octanol–water partition coefficient (Wildman–Crippen LogP) is 3.74. The average molecular weight is 387 g/mol. The van der Waals surface area contributed by atoms with Crippen molar-refractivity contribution in [2.24, 2.45) is 0 Å². The average Bonchev–Trinajstić information content (AvgIpc) is 2.55. The molecule has 0 radical (unpaired) electrons. The number of rotatable bonds is 4. The number of sulfonamides is 1. The van der Waals surface area contributed by atoms with Crippen molar-refractivity contribution in [2.45, 2.75) is 16.8 Å². The summed E-state index contributed by atoms with van der Waals surface area (Å²) < 4.78 is 60.9. The van der Waals surface area contributed by atoms with Crippen LogP contribution in [0.2, 0.25) is 5.02 Å². The Kier molecular flexibility index (Phi) is 5.10. The van der Waals surface area contributed by atoms with Gasteiger partial charge in [-0.15, -0.1) is 11.3 Å². The quantitative estimate of drug-likeness (QED) is 0.790. The molecule has 0 aliphatic rings. The van der Waals surface area contributed by atoms with Crippen molar-refractivity contribution in [3.63, 3.8) is 0 Å². The van der Waals surface area contributed by atoms with E-state index in [9.17, 15) is 21.6 Å². The van der Waals surface area contributed by atoms with Crippen LogP contribution < -0.4 is 0 Å². The molecule has 0 saturated heterocycles. The minimum Gasteiger partial charge on any atom is -0.206 e. The zero-order valence-corrected chi connectivity index (χ0v) is 12.9. The second kappa shape index (κ2) is 5.66. The highest BCUT2D eigenvalue weighted by Crippen LogP contribution is 2.35. The summed E-state index contributed by atoms with van der Waals surface area (Å²) in [5.41, 5.74) is 0. The first-order valence-electron chi connectivity index (χ1n) is 4.52. The Bertz CT molecular complexity index is 509. The van der Waals surface area contributed by atoms with Gasteiger partial charge in [0.1, 0.15) is 4.21 Å². The van der Waals surface area contributed by atoms with Crippen LogP contribution in [0.15, 0.2) is 14.1 Å². The molecule has 1 heterocycles. The van der Waals surface area contributed by atoms with E-state index in [0.717, 1.165) is 18.4 Å². The monoisotopic (exact) mass is 385 g/mol. The number of nitrogens with zero attached hydrogens (tertiary/aromatic N) is 1. The molecule has 0 amide bonds. The fourth-order valence-corrected chi connectivity index (χ4v) is 4.79. The summed E-state index contributed by atoms with van der Waals surface area (Å²) in [6.45, 7) is -0.626. The van der Waals surface area contributed by atoms with Gasteiger partial charge in [0.15, 0.2) is 0 Å². The van der Waals surface area contributed by atoms with Crippen LogP contribution in [0.5, 0.6) is 0 Å². The van der Waals surface area contributed by atoms with E-state index in [0.29, 0.717) is 8.09 Å². The van der Waals surface area contributed by atoms with E-state index in [1.165, 1.54) is 6.07 Å². The number of hydrogen-bond donors (Lipinski definition) is 0. The van der Waals surface area contributed by atoms with Gasteiger partial charge in [0.25, 0.3) is 10.0 Å². The summed E-state index contributed by atoms with van der Waals surface area (Å²) in [6.07, 6.45) is -5.58. The molecular formula is C8H8BrClF3NO2S2. The summed E-state index contributed by atoms with van der Waals surface area (Å²) >= 11 is 9.60. The summed E-state index contributed by atoms with van der Waals surface area (Å²) in [6, 6.07) is 1.20. The second-order valence-corrected chi connectivity index (χ2v) is 8.43. The number of hydrogen-bond acceptors (Lipinski definition) is 3. The van der Waals surface area contributed by atoms with Crippen LogP contribution in [0.1, 0.15) is 6.42 Å². The van der Waals surface area contributed by atoms with Crippen LogP contribution in [0.25, 0.3) is 0 Å². The van der Waals surface area contributed by atoms with Gasteiger partial charge in [0, 0.05) is 13.6 Å².